The van der Waals surface area contributed by atoms with Crippen molar-refractivity contribution >= 4 is 11.9 Å². The van der Waals surface area contributed by atoms with Crippen molar-refractivity contribution in [3.63, 3.8) is 0 Å². The summed E-state index contributed by atoms with van der Waals surface area (Å²) in [5, 5.41) is 2.77. The van der Waals surface area contributed by atoms with Crippen LogP contribution in [0.4, 0.5) is 0 Å². The van der Waals surface area contributed by atoms with E-state index in [1.807, 2.05) is 20.2 Å². The maximum Gasteiger partial charge on any atom is 0.328 e. The summed E-state index contributed by atoms with van der Waals surface area (Å²) < 4.78 is 7.35. The topological polar surface area (TPSA) is 59.3 Å². The van der Waals surface area contributed by atoms with Crippen molar-refractivity contribution in [1.29, 1.82) is 0 Å². The molecule has 0 spiro atoms. The Morgan fingerprint density at radius 3 is 2.73 bits per heavy atom. The molecular weight excluding hydrogens is 280 g/mol. The van der Waals surface area contributed by atoms with Gasteiger partial charge in [-0.25, -0.2) is 9.36 Å². The van der Waals surface area contributed by atoms with Gasteiger partial charge in [0.25, 0.3) is 5.91 Å². The number of nitrogens with zero attached hydrogens (tertiary/aromatic N) is 1. The van der Waals surface area contributed by atoms with E-state index in [-0.39, 0.29) is 18.0 Å². The van der Waals surface area contributed by atoms with Gasteiger partial charge in [0.2, 0.25) is 0 Å². The molecule has 1 aromatic rings. The van der Waals surface area contributed by atoms with Crippen LogP contribution in [0.15, 0.2) is 24.5 Å². The highest BCUT2D eigenvalue weighted by Gasteiger charge is 2.25. The summed E-state index contributed by atoms with van der Waals surface area (Å²) in [5.74, 6) is -0.563. The third-order valence-corrected chi connectivity index (χ3v) is 4.04. The van der Waals surface area contributed by atoms with Crippen molar-refractivity contribution < 1.29 is 18.9 Å². The molecule has 120 valence electrons. The summed E-state index contributed by atoms with van der Waals surface area (Å²) in [6.45, 7) is 1.87. The molecular formula is C17H25N2O3+. The monoisotopic (exact) mass is 305 g/mol. The van der Waals surface area contributed by atoms with Crippen LogP contribution in [-0.4, -0.2) is 24.0 Å². The number of rotatable bonds is 5. The van der Waals surface area contributed by atoms with E-state index in [9.17, 15) is 9.59 Å². The quantitative estimate of drug-likeness (QED) is 0.667. The summed E-state index contributed by atoms with van der Waals surface area (Å²) in [5.41, 5.74) is 0.536. The molecule has 22 heavy (non-hydrogen) atoms. The van der Waals surface area contributed by atoms with E-state index in [0.717, 1.165) is 25.7 Å². The first kappa shape index (κ1) is 16.5. The SMILES string of the molecule is CCC(NC(=O)c1ccc[n+](C)c1)C(=O)OC1CCCCC1. The third-order valence-electron chi connectivity index (χ3n) is 4.04. The minimum atomic E-state index is -0.583. The molecule has 1 N–H and O–H groups in total. The number of aromatic nitrogens is 1. The molecule has 0 aromatic carbocycles. The first-order valence-corrected chi connectivity index (χ1v) is 8.06. The van der Waals surface area contributed by atoms with Crippen molar-refractivity contribution in [2.75, 3.05) is 0 Å². The van der Waals surface area contributed by atoms with E-state index >= 15 is 0 Å². The molecule has 0 radical (unpaired) electrons. The molecule has 2 rings (SSSR count). The lowest BCUT2D eigenvalue weighted by atomic mass is 9.98. The smallest absolute Gasteiger partial charge is 0.328 e. The lowest BCUT2D eigenvalue weighted by Crippen LogP contribution is -2.43. The maximum atomic E-state index is 12.2. The van der Waals surface area contributed by atoms with Gasteiger partial charge in [-0.2, -0.15) is 0 Å². The maximum absolute atomic E-state index is 12.2. The third kappa shape index (κ3) is 4.55. The normalized spacial score (nSPS) is 16.8. The Balaban J connectivity index is 1.92. The van der Waals surface area contributed by atoms with E-state index < -0.39 is 6.04 Å². The average Bonchev–Trinajstić information content (AvgIpc) is 2.53. The second-order valence-corrected chi connectivity index (χ2v) is 5.89. The molecule has 1 saturated carbocycles. The number of amides is 1. The van der Waals surface area contributed by atoms with Crippen LogP contribution in [0, 0.1) is 0 Å². The average molecular weight is 305 g/mol. The summed E-state index contributed by atoms with van der Waals surface area (Å²) in [4.78, 5) is 24.5. The highest BCUT2D eigenvalue weighted by atomic mass is 16.5. The van der Waals surface area contributed by atoms with Crippen LogP contribution < -0.4 is 9.88 Å². The van der Waals surface area contributed by atoms with Crippen LogP contribution >= 0.6 is 0 Å². The van der Waals surface area contributed by atoms with Gasteiger partial charge >= 0.3 is 5.97 Å². The highest BCUT2D eigenvalue weighted by molar-refractivity contribution is 5.96. The van der Waals surface area contributed by atoms with Crippen LogP contribution in [0.25, 0.3) is 0 Å². The van der Waals surface area contributed by atoms with Gasteiger partial charge in [-0.05, 0) is 38.2 Å². The number of esters is 1. The summed E-state index contributed by atoms with van der Waals surface area (Å²) in [6, 6.07) is 2.95. The van der Waals surface area contributed by atoms with Crippen LogP contribution in [0.5, 0.6) is 0 Å². The first-order valence-electron chi connectivity index (χ1n) is 8.06. The second kappa shape index (κ2) is 7.92. The van der Waals surface area contributed by atoms with Crippen LogP contribution in [0.2, 0.25) is 0 Å². The molecule has 0 saturated heterocycles. The molecule has 5 heteroatoms. The molecule has 1 atom stereocenters. The molecule has 0 bridgehead atoms. The van der Waals surface area contributed by atoms with Crippen molar-refractivity contribution in [1.82, 2.24) is 5.32 Å². The van der Waals surface area contributed by atoms with E-state index in [4.69, 9.17) is 4.74 Å². The summed E-state index contributed by atoms with van der Waals surface area (Å²) >= 11 is 0. The van der Waals surface area contributed by atoms with Crippen molar-refractivity contribution in [3.8, 4) is 0 Å². The minimum Gasteiger partial charge on any atom is -0.461 e. The molecule has 1 heterocycles. The fourth-order valence-electron chi connectivity index (χ4n) is 2.72. The highest BCUT2D eigenvalue weighted by Crippen LogP contribution is 2.20. The number of nitrogens with one attached hydrogen (secondary N) is 1. The molecule has 1 aliphatic rings. The van der Waals surface area contributed by atoms with Gasteiger partial charge in [-0.3, -0.25) is 4.79 Å². The largest absolute Gasteiger partial charge is 0.461 e. The first-order chi connectivity index (χ1) is 10.6. The zero-order valence-electron chi connectivity index (χ0n) is 13.4. The Morgan fingerprint density at radius 1 is 1.36 bits per heavy atom. The van der Waals surface area contributed by atoms with Gasteiger partial charge in [0.1, 0.15) is 24.8 Å². The molecule has 1 unspecified atom stereocenters. The zero-order chi connectivity index (χ0) is 15.9. The van der Waals surface area contributed by atoms with Crippen molar-refractivity contribution in [2.24, 2.45) is 7.05 Å². The molecule has 0 aliphatic heterocycles. The fraction of sp³-hybridized carbons (Fsp3) is 0.588. The molecule has 1 fully saturated rings. The van der Waals surface area contributed by atoms with E-state index in [1.165, 1.54) is 6.42 Å². The van der Waals surface area contributed by atoms with Gasteiger partial charge in [0.15, 0.2) is 12.4 Å². The van der Waals surface area contributed by atoms with Crippen LogP contribution in [0.3, 0.4) is 0 Å². The minimum absolute atomic E-state index is 0.0155. The standard InChI is InChI=1S/C17H24N2O3/c1-3-15(17(21)22-14-9-5-4-6-10-14)18-16(20)13-8-7-11-19(2)12-13/h7-8,11-12,14-15H,3-6,9-10H2,1-2H3/p+1. The molecule has 1 aliphatic carbocycles. The van der Waals surface area contributed by atoms with Crippen molar-refractivity contribution in [3.05, 3.63) is 30.1 Å². The van der Waals surface area contributed by atoms with E-state index in [0.29, 0.717) is 12.0 Å². The number of ether oxygens (including phenoxy) is 1. The Kier molecular flexibility index (Phi) is 5.92. The predicted molar refractivity (Wildman–Crippen MR) is 82.1 cm³/mol. The lowest BCUT2D eigenvalue weighted by Gasteiger charge is -2.24. The fourth-order valence-corrected chi connectivity index (χ4v) is 2.72. The van der Waals surface area contributed by atoms with Gasteiger partial charge in [-0.15, -0.1) is 0 Å². The Bertz CT molecular complexity index is 524. The summed E-state index contributed by atoms with van der Waals surface area (Å²) in [7, 11) is 1.85. The van der Waals surface area contributed by atoms with E-state index in [1.54, 1.807) is 22.9 Å². The number of carbonyl (C=O) groups excluding carboxylic acids is 2. The number of hydrogen-bond acceptors (Lipinski definition) is 3. The molecule has 5 nitrogen and oxygen atoms in total. The Hall–Kier alpha value is -1.91. The van der Waals surface area contributed by atoms with E-state index in [2.05, 4.69) is 5.32 Å². The van der Waals surface area contributed by atoms with Gasteiger partial charge in [0, 0.05) is 6.07 Å². The molecule has 1 aromatic heterocycles. The van der Waals surface area contributed by atoms with Crippen molar-refractivity contribution in [2.45, 2.75) is 57.6 Å². The van der Waals surface area contributed by atoms with Crippen LogP contribution in [-0.2, 0) is 16.6 Å². The lowest BCUT2D eigenvalue weighted by molar-refractivity contribution is -0.671. The Labute approximate surface area is 131 Å². The summed E-state index contributed by atoms with van der Waals surface area (Å²) in [6.07, 6.45) is 9.43. The number of aryl methyl sites for hydroxylation is 1. The van der Waals surface area contributed by atoms with Gasteiger partial charge in [-0.1, -0.05) is 13.3 Å². The Morgan fingerprint density at radius 2 is 2.09 bits per heavy atom. The second-order valence-electron chi connectivity index (χ2n) is 5.89. The number of hydrogen-bond donors (Lipinski definition) is 1. The number of pyridine rings is 1. The van der Waals surface area contributed by atoms with Gasteiger partial charge < -0.3 is 10.1 Å². The van der Waals surface area contributed by atoms with Gasteiger partial charge in [0.05, 0.1) is 0 Å². The predicted octanol–water partition coefficient (Wildman–Crippen LogP) is 1.90. The number of carbonyl (C=O) groups is 2. The van der Waals surface area contributed by atoms with Crippen LogP contribution in [0.1, 0.15) is 55.8 Å². The zero-order valence-corrected chi connectivity index (χ0v) is 13.4. The molecule has 1 amide bonds.